The van der Waals surface area contributed by atoms with Gasteiger partial charge in [-0.1, -0.05) is 11.6 Å². The summed E-state index contributed by atoms with van der Waals surface area (Å²) in [5.74, 6) is -0.899. The third kappa shape index (κ3) is 3.87. The number of carboxylic acid groups (broad SMARTS) is 1. The maximum Gasteiger partial charge on any atom is 0.335 e. The Hall–Kier alpha value is -1.75. The van der Waals surface area contributed by atoms with E-state index >= 15 is 0 Å². The van der Waals surface area contributed by atoms with E-state index in [0.717, 1.165) is 0 Å². The Bertz CT molecular complexity index is 500. The molecular formula is C14H18ClNO4. The summed E-state index contributed by atoms with van der Waals surface area (Å²) in [4.78, 5) is 24.5. The highest BCUT2D eigenvalue weighted by molar-refractivity contribution is 6.32. The summed E-state index contributed by atoms with van der Waals surface area (Å²) >= 11 is 5.96. The molecule has 5 nitrogen and oxygen atoms in total. The minimum absolute atomic E-state index is 0.0741. The van der Waals surface area contributed by atoms with Gasteiger partial charge in [-0.25, -0.2) is 4.79 Å². The number of hydrogen-bond donors (Lipinski definition) is 1. The predicted octanol–water partition coefficient (Wildman–Crippen LogP) is 2.67. The monoisotopic (exact) mass is 299 g/mol. The lowest BCUT2D eigenvalue weighted by Crippen LogP contribution is -2.40. The Morgan fingerprint density at radius 3 is 2.40 bits per heavy atom. The van der Waals surface area contributed by atoms with Crippen LogP contribution < -0.4 is 4.74 Å². The van der Waals surface area contributed by atoms with Crippen molar-refractivity contribution in [2.75, 3.05) is 13.1 Å². The molecule has 0 saturated carbocycles. The van der Waals surface area contributed by atoms with Crippen molar-refractivity contribution in [1.29, 1.82) is 0 Å². The molecule has 0 aliphatic heterocycles. The average molecular weight is 300 g/mol. The van der Waals surface area contributed by atoms with Crippen LogP contribution in [0.15, 0.2) is 18.2 Å². The van der Waals surface area contributed by atoms with Crippen LogP contribution in [-0.2, 0) is 4.79 Å². The molecule has 6 heteroatoms. The molecule has 0 aliphatic rings. The summed E-state index contributed by atoms with van der Waals surface area (Å²) in [6.07, 6.45) is -0.678. The van der Waals surface area contributed by atoms with Crippen LogP contribution in [0.5, 0.6) is 5.75 Å². The number of nitrogens with zero attached hydrogens (tertiary/aromatic N) is 1. The summed E-state index contributed by atoms with van der Waals surface area (Å²) in [7, 11) is 0. The molecule has 1 atom stereocenters. The van der Waals surface area contributed by atoms with Gasteiger partial charge < -0.3 is 14.7 Å². The van der Waals surface area contributed by atoms with Crippen LogP contribution in [0.1, 0.15) is 31.1 Å². The van der Waals surface area contributed by atoms with Gasteiger partial charge in [0.1, 0.15) is 5.75 Å². The number of aromatic carboxylic acids is 1. The summed E-state index contributed by atoms with van der Waals surface area (Å²) in [5, 5.41) is 9.02. The molecule has 1 aromatic rings. The van der Waals surface area contributed by atoms with Gasteiger partial charge in [0.05, 0.1) is 10.6 Å². The molecule has 1 aromatic carbocycles. The van der Waals surface area contributed by atoms with Crippen LogP contribution in [0, 0.1) is 0 Å². The maximum absolute atomic E-state index is 12.1. The smallest absolute Gasteiger partial charge is 0.335 e. The average Bonchev–Trinajstić information content (AvgIpc) is 2.41. The van der Waals surface area contributed by atoms with E-state index < -0.39 is 12.1 Å². The summed E-state index contributed by atoms with van der Waals surface area (Å²) in [5.41, 5.74) is 0.0741. The van der Waals surface area contributed by atoms with Gasteiger partial charge in [0.15, 0.2) is 6.10 Å². The molecule has 0 aliphatic carbocycles. The summed E-state index contributed by atoms with van der Waals surface area (Å²) < 4.78 is 5.51. The third-order valence-corrected chi connectivity index (χ3v) is 3.20. The fourth-order valence-electron chi connectivity index (χ4n) is 1.76. The molecule has 0 radical (unpaired) electrons. The van der Waals surface area contributed by atoms with Crippen molar-refractivity contribution in [2.45, 2.75) is 26.9 Å². The first-order chi connectivity index (χ1) is 9.40. The lowest BCUT2D eigenvalue weighted by molar-refractivity contribution is -0.137. The van der Waals surface area contributed by atoms with E-state index in [1.54, 1.807) is 11.8 Å². The third-order valence-electron chi connectivity index (χ3n) is 2.91. The van der Waals surface area contributed by atoms with Crippen LogP contribution in [0.25, 0.3) is 0 Å². The lowest BCUT2D eigenvalue weighted by Gasteiger charge is -2.23. The zero-order valence-electron chi connectivity index (χ0n) is 11.7. The predicted molar refractivity (Wildman–Crippen MR) is 76.4 cm³/mol. The Balaban J connectivity index is 2.83. The normalized spacial score (nSPS) is 11.8. The van der Waals surface area contributed by atoms with Crippen molar-refractivity contribution in [2.24, 2.45) is 0 Å². The Morgan fingerprint density at radius 1 is 1.35 bits per heavy atom. The Kier molecular flexibility index (Phi) is 5.82. The van der Waals surface area contributed by atoms with Crippen molar-refractivity contribution in [1.82, 2.24) is 4.90 Å². The van der Waals surface area contributed by atoms with E-state index in [2.05, 4.69) is 0 Å². The van der Waals surface area contributed by atoms with Crippen molar-refractivity contribution in [3.63, 3.8) is 0 Å². The van der Waals surface area contributed by atoms with Crippen LogP contribution in [-0.4, -0.2) is 41.1 Å². The second-order valence-corrected chi connectivity index (χ2v) is 4.63. The quantitative estimate of drug-likeness (QED) is 0.877. The van der Waals surface area contributed by atoms with Crippen LogP contribution >= 0.6 is 11.6 Å². The van der Waals surface area contributed by atoms with Gasteiger partial charge in [0, 0.05) is 13.1 Å². The number of carboxylic acids is 1. The minimum atomic E-state index is -1.06. The van der Waals surface area contributed by atoms with Crippen molar-refractivity contribution in [3.05, 3.63) is 28.8 Å². The minimum Gasteiger partial charge on any atom is -0.479 e. The zero-order chi connectivity index (χ0) is 15.3. The van der Waals surface area contributed by atoms with Gasteiger partial charge in [-0.15, -0.1) is 0 Å². The van der Waals surface area contributed by atoms with Gasteiger partial charge in [-0.2, -0.15) is 0 Å². The molecule has 20 heavy (non-hydrogen) atoms. The fourth-order valence-corrected chi connectivity index (χ4v) is 1.99. The topological polar surface area (TPSA) is 66.8 Å². The number of benzene rings is 1. The largest absolute Gasteiger partial charge is 0.479 e. The molecule has 1 N–H and O–H groups in total. The molecule has 0 aromatic heterocycles. The van der Waals surface area contributed by atoms with E-state index in [1.165, 1.54) is 18.2 Å². The van der Waals surface area contributed by atoms with Crippen LogP contribution in [0.2, 0.25) is 5.02 Å². The maximum atomic E-state index is 12.1. The molecule has 1 amide bonds. The highest BCUT2D eigenvalue weighted by atomic mass is 35.5. The first-order valence-electron chi connectivity index (χ1n) is 6.38. The summed E-state index contributed by atoms with van der Waals surface area (Å²) in [6, 6.07) is 4.14. The molecule has 110 valence electrons. The Morgan fingerprint density at radius 2 is 1.95 bits per heavy atom. The fraction of sp³-hybridized carbons (Fsp3) is 0.429. The number of carbonyl (C=O) groups is 2. The van der Waals surface area contributed by atoms with E-state index in [4.69, 9.17) is 21.4 Å². The zero-order valence-corrected chi connectivity index (χ0v) is 12.5. The van der Waals surface area contributed by atoms with Gasteiger partial charge in [-0.3, -0.25) is 4.79 Å². The van der Waals surface area contributed by atoms with Crippen molar-refractivity contribution in [3.8, 4) is 5.75 Å². The second kappa shape index (κ2) is 7.14. The number of hydrogen-bond acceptors (Lipinski definition) is 3. The number of rotatable bonds is 6. The standard InChI is InChI=1S/C14H18ClNO4/c1-4-16(5-2)13(17)9(3)20-12-7-6-10(14(18)19)8-11(12)15/h6-9H,4-5H2,1-3H3,(H,18,19). The molecule has 0 bridgehead atoms. The second-order valence-electron chi connectivity index (χ2n) is 4.22. The number of halogens is 1. The first kappa shape index (κ1) is 16.3. The van der Waals surface area contributed by atoms with E-state index in [1.807, 2.05) is 13.8 Å². The Labute approximate surface area is 123 Å². The van der Waals surface area contributed by atoms with Gasteiger partial charge in [0.2, 0.25) is 0 Å². The molecule has 0 fully saturated rings. The summed E-state index contributed by atoms with van der Waals surface area (Å²) in [6.45, 7) is 6.64. The first-order valence-corrected chi connectivity index (χ1v) is 6.76. The molecule has 0 heterocycles. The highest BCUT2D eigenvalue weighted by Crippen LogP contribution is 2.26. The van der Waals surface area contributed by atoms with Crippen molar-refractivity contribution < 1.29 is 19.4 Å². The van der Waals surface area contributed by atoms with E-state index in [-0.39, 0.29) is 16.5 Å². The number of amides is 1. The van der Waals surface area contributed by atoms with Gasteiger partial charge in [0.25, 0.3) is 5.91 Å². The number of likely N-dealkylation sites (N-methyl/N-ethyl adjacent to an activating group) is 1. The number of carbonyl (C=O) groups excluding carboxylic acids is 1. The van der Waals surface area contributed by atoms with E-state index in [9.17, 15) is 9.59 Å². The molecule has 1 rings (SSSR count). The van der Waals surface area contributed by atoms with Gasteiger partial charge >= 0.3 is 5.97 Å². The molecular weight excluding hydrogens is 282 g/mol. The molecule has 0 saturated heterocycles. The van der Waals surface area contributed by atoms with Crippen LogP contribution in [0.3, 0.4) is 0 Å². The van der Waals surface area contributed by atoms with E-state index in [0.29, 0.717) is 18.8 Å². The molecule has 0 spiro atoms. The highest BCUT2D eigenvalue weighted by Gasteiger charge is 2.21. The van der Waals surface area contributed by atoms with Crippen molar-refractivity contribution >= 4 is 23.5 Å². The SMILES string of the molecule is CCN(CC)C(=O)C(C)Oc1ccc(C(=O)O)cc1Cl. The lowest BCUT2D eigenvalue weighted by atomic mass is 10.2. The number of ether oxygens (including phenoxy) is 1. The van der Waals surface area contributed by atoms with Gasteiger partial charge in [-0.05, 0) is 39.0 Å². The molecule has 1 unspecified atom stereocenters. The van der Waals surface area contributed by atoms with Crippen LogP contribution in [0.4, 0.5) is 0 Å².